The van der Waals surface area contributed by atoms with Gasteiger partial charge in [0, 0.05) is 13.1 Å². The molecule has 0 amide bonds. The van der Waals surface area contributed by atoms with E-state index in [1.54, 1.807) is 0 Å². The molecule has 1 saturated carbocycles. The number of nitrogens with one attached hydrogen (secondary N) is 1. The van der Waals surface area contributed by atoms with Gasteiger partial charge in [-0.2, -0.15) is 0 Å². The van der Waals surface area contributed by atoms with Crippen LogP contribution in [0.1, 0.15) is 51.4 Å². The molecule has 0 radical (unpaired) electrons. The zero-order valence-corrected chi connectivity index (χ0v) is 10.1. The molecule has 16 heavy (non-hydrogen) atoms. The third-order valence-electron chi connectivity index (χ3n) is 3.66. The average molecular weight is 224 g/mol. The normalized spacial score (nSPS) is 24.6. The Morgan fingerprint density at radius 3 is 2.19 bits per heavy atom. The minimum absolute atomic E-state index is 0.509. The molecule has 1 aliphatic heterocycles. The Hall–Kier alpha value is -0.770. The second-order valence-electron chi connectivity index (χ2n) is 4.94. The van der Waals surface area contributed by atoms with Crippen LogP contribution in [0.25, 0.3) is 0 Å². The maximum atomic E-state index is 5.61. The van der Waals surface area contributed by atoms with Gasteiger partial charge in [0.25, 0.3) is 0 Å². The summed E-state index contributed by atoms with van der Waals surface area (Å²) in [6, 6.07) is 0.509. The van der Waals surface area contributed by atoms with Crippen molar-refractivity contribution in [2.45, 2.75) is 57.4 Å². The van der Waals surface area contributed by atoms with Crippen molar-refractivity contribution in [3.05, 3.63) is 0 Å². The number of hydrazine groups is 1. The highest BCUT2D eigenvalue weighted by Crippen LogP contribution is 2.21. The molecule has 0 atom stereocenters. The molecule has 0 unspecified atom stereocenters. The van der Waals surface area contributed by atoms with Crippen molar-refractivity contribution in [3.8, 4) is 0 Å². The fourth-order valence-electron chi connectivity index (χ4n) is 2.70. The molecule has 0 bridgehead atoms. The van der Waals surface area contributed by atoms with Gasteiger partial charge in [0.15, 0.2) is 0 Å². The van der Waals surface area contributed by atoms with E-state index in [0.29, 0.717) is 6.04 Å². The van der Waals surface area contributed by atoms with Crippen molar-refractivity contribution in [2.75, 3.05) is 13.1 Å². The standard InChI is InChI=1S/C12H24N4/c13-15-12(14-11-7-3-4-8-11)16-9-5-1-2-6-10-16/h11H,1-10,13H2,(H,14,15). The molecule has 92 valence electrons. The Kier molecular flexibility index (Phi) is 4.45. The Morgan fingerprint density at radius 2 is 1.62 bits per heavy atom. The number of aliphatic imine (C=N–C) groups is 1. The minimum Gasteiger partial charge on any atom is -0.342 e. The maximum Gasteiger partial charge on any atom is 0.208 e. The second-order valence-corrected chi connectivity index (χ2v) is 4.94. The number of rotatable bonds is 1. The topological polar surface area (TPSA) is 53.6 Å². The van der Waals surface area contributed by atoms with Crippen LogP contribution in [0.3, 0.4) is 0 Å². The van der Waals surface area contributed by atoms with Crippen molar-refractivity contribution >= 4 is 5.96 Å². The van der Waals surface area contributed by atoms with E-state index in [9.17, 15) is 0 Å². The second kappa shape index (κ2) is 6.09. The number of hydrogen-bond donors (Lipinski definition) is 2. The van der Waals surface area contributed by atoms with Crippen LogP contribution in [-0.4, -0.2) is 30.0 Å². The summed E-state index contributed by atoms with van der Waals surface area (Å²) < 4.78 is 0. The largest absolute Gasteiger partial charge is 0.342 e. The molecule has 0 aromatic rings. The smallest absolute Gasteiger partial charge is 0.208 e. The van der Waals surface area contributed by atoms with E-state index in [1.807, 2.05) is 0 Å². The zero-order chi connectivity index (χ0) is 11.2. The summed E-state index contributed by atoms with van der Waals surface area (Å²) in [5.41, 5.74) is 2.80. The summed E-state index contributed by atoms with van der Waals surface area (Å²) in [6.45, 7) is 2.21. The van der Waals surface area contributed by atoms with Crippen LogP contribution in [0.2, 0.25) is 0 Å². The summed E-state index contributed by atoms with van der Waals surface area (Å²) in [5, 5.41) is 0. The predicted molar refractivity (Wildman–Crippen MR) is 67.1 cm³/mol. The van der Waals surface area contributed by atoms with Gasteiger partial charge in [-0.1, -0.05) is 25.7 Å². The lowest BCUT2D eigenvalue weighted by atomic mass is 10.2. The molecule has 4 nitrogen and oxygen atoms in total. The number of likely N-dealkylation sites (tertiary alicyclic amines) is 1. The van der Waals surface area contributed by atoms with Crippen LogP contribution in [0, 0.1) is 0 Å². The summed E-state index contributed by atoms with van der Waals surface area (Å²) in [6.07, 6.45) is 10.3. The lowest BCUT2D eigenvalue weighted by Crippen LogP contribution is -2.45. The van der Waals surface area contributed by atoms with Gasteiger partial charge in [-0.15, -0.1) is 0 Å². The Morgan fingerprint density at radius 1 is 1.00 bits per heavy atom. The molecule has 1 saturated heterocycles. The van der Waals surface area contributed by atoms with Gasteiger partial charge in [-0.25, -0.2) is 10.8 Å². The molecule has 2 fully saturated rings. The maximum absolute atomic E-state index is 5.61. The Bertz CT molecular complexity index is 225. The molecule has 0 aromatic carbocycles. The summed E-state index contributed by atoms with van der Waals surface area (Å²) in [7, 11) is 0. The first-order valence-electron chi connectivity index (χ1n) is 6.69. The molecule has 4 heteroatoms. The van der Waals surface area contributed by atoms with Crippen LogP contribution in [0.15, 0.2) is 4.99 Å². The summed E-state index contributed by atoms with van der Waals surface area (Å²) in [4.78, 5) is 7.09. The first kappa shape index (κ1) is 11.7. The summed E-state index contributed by atoms with van der Waals surface area (Å²) in [5.74, 6) is 6.54. The van der Waals surface area contributed by atoms with E-state index in [4.69, 9.17) is 10.8 Å². The van der Waals surface area contributed by atoms with E-state index >= 15 is 0 Å². The first-order chi connectivity index (χ1) is 7.90. The molecular formula is C12H24N4. The molecular weight excluding hydrogens is 200 g/mol. The lowest BCUT2D eigenvalue weighted by Gasteiger charge is -2.24. The fraction of sp³-hybridized carbons (Fsp3) is 0.917. The van der Waals surface area contributed by atoms with Gasteiger partial charge < -0.3 is 4.90 Å². The van der Waals surface area contributed by atoms with Crippen molar-refractivity contribution in [2.24, 2.45) is 10.8 Å². The Balaban J connectivity index is 1.95. The van der Waals surface area contributed by atoms with Gasteiger partial charge in [0.1, 0.15) is 0 Å². The average Bonchev–Trinajstić information content (AvgIpc) is 2.67. The minimum atomic E-state index is 0.509. The fourth-order valence-corrected chi connectivity index (χ4v) is 2.70. The van der Waals surface area contributed by atoms with Crippen LogP contribution in [0.4, 0.5) is 0 Å². The molecule has 0 spiro atoms. The highest BCUT2D eigenvalue weighted by atomic mass is 15.4. The van der Waals surface area contributed by atoms with Crippen LogP contribution in [-0.2, 0) is 0 Å². The van der Waals surface area contributed by atoms with Gasteiger partial charge >= 0.3 is 0 Å². The van der Waals surface area contributed by atoms with Crippen LogP contribution < -0.4 is 11.3 Å². The number of guanidine groups is 1. The highest BCUT2D eigenvalue weighted by molar-refractivity contribution is 5.79. The van der Waals surface area contributed by atoms with Crippen LogP contribution in [0.5, 0.6) is 0 Å². The van der Waals surface area contributed by atoms with Gasteiger partial charge in [-0.3, -0.25) is 5.43 Å². The molecule has 1 aliphatic carbocycles. The number of nitrogens with zero attached hydrogens (tertiary/aromatic N) is 2. The van der Waals surface area contributed by atoms with E-state index in [2.05, 4.69) is 10.3 Å². The quantitative estimate of drug-likeness (QED) is 0.308. The Labute approximate surface area is 98.3 Å². The van der Waals surface area contributed by atoms with Gasteiger partial charge in [0.2, 0.25) is 5.96 Å². The monoisotopic (exact) mass is 224 g/mol. The van der Waals surface area contributed by atoms with E-state index in [0.717, 1.165) is 19.0 Å². The highest BCUT2D eigenvalue weighted by Gasteiger charge is 2.18. The van der Waals surface area contributed by atoms with E-state index in [-0.39, 0.29) is 0 Å². The third kappa shape index (κ3) is 3.11. The molecule has 3 N–H and O–H groups in total. The lowest BCUT2D eigenvalue weighted by molar-refractivity contribution is 0.414. The van der Waals surface area contributed by atoms with E-state index < -0.39 is 0 Å². The predicted octanol–water partition coefficient (Wildman–Crippen LogP) is 1.62. The number of hydrogen-bond acceptors (Lipinski definition) is 2. The van der Waals surface area contributed by atoms with E-state index in [1.165, 1.54) is 51.4 Å². The third-order valence-corrected chi connectivity index (χ3v) is 3.66. The van der Waals surface area contributed by atoms with Crippen molar-refractivity contribution in [3.63, 3.8) is 0 Å². The number of nitrogens with two attached hydrogens (primary N) is 1. The molecule has 0 aromatic heterocycles. The van der Waals surface area contributed by atoms with Crippen molar-refractivity contribution in [1.29, 1.82) is 0 Å². The molecule has 2 aliphatic rings. The van der Waals surface area contributed by atoms with Gasteiger partial charge in [0.05, 0.1) is 6.04 Å². The van der Waals surface area contributed by atoms with Gasteiger partial charge in [-0.05, 0) is 25.7 Å². The molecule has 1 heterocycles. The molecule has 2 rings (SSSR count). The summed E-state index contributed by atoms with van der Waals surface area (Å²) >= 11 is 0. The zero-order valence-electron chi connectivity index (χ0n) is 10.1. The van der Waals surface area contributed by atoms with Crippen LogP contribution >= 0.6 is 0 Å². The van der Waals surface area contributed by atoms with Crippen molar-refractivity contribution in [1.82, 2.24) is 10.3 Å². The van der Waals surface area contributed by atoms with Crippen molar-refractivity contribution < 1.29 is 0 Å². The first-order valence-corrected chi connectivity index (χ1v) is 6.69. The SMILES string of the molecule is NNC(=NC1CCCC1)N1CCCCCC1.